The molecule has 128 valence electrons. The molecule has 9 nitrogen and oxygen atoms in total. The van der Waals surface area contributed by atoms with Crippen LogP contribution in [0.4, 0.5) is 0 Å². The highest BCUT2D eigenvalue weighted by Crippen LogP contribution is 2.34. The Morgan fingerprint density at radius 3 is 3.08 bits per heavy atom. The fourth-order valence-electron chi connectivity index (χ4n) is 3.16. The minimum atomic E-state index is -0.512. The first-order valence-corrected chi connectivity index (χ1v) is 7.75. The molecule has 4 atom stereocenters. The van der Waals surface area contributed by atoms with Crippen LogP contribution in [0.2, 0.25) is 0 Å². The van der Waals surface area contributed by atoms with Crippen molar-refractivity contribution < 1.29 is 23.4 Å². The van der Waals surface area contributed by atoms with Gasteiger partial charge in [0.25, 0.3) is 0 Å². The van der Waals surface area contributed by atoms with Gasteiger partial charge in [-0.15, -0.1) is 5.10 Å². The summed E-state index contributed by atoms with van der Waals surface area (Å²) in [6.45, 7) is 1.62. The molecular formula is C15H18N4O5. The Labute approximate surface area is 137 Å². The number of esters is 1. The molecule has 1 N–H and O–H groups in total. The third kappa shape index (κ3) is 2.70. The predicted octanol–water partition coefficient (Wildman–Crippen LogP) is 0.155. The maximum atomic E-state index is 11.5. The largest absolute Gasteiger partial charge is 0.468 e. The smallest absolute Gasteiger partial charge is 0.360 e. The summed E-state index contributed by atoms with van der Waals surface area (Å²) < 4.78 is 23.4. The van der Waals surface area contributed by atoms with Crippen molar-refractivity contribution in [2.24, 2.45) is 0 Å². The van der Waals surface area contributed by atoms with Crippen LogP contribution in [-0.4, -0.2) is 59.5 Å². The fraction of sp³-hybridized carbons (Fsp3) is 0.533. The molecule has 0 spiro atoms. The molecule has 9 heteroatoms. The van der Waals surface area contributed by atoms with Crippen molar-refractivity contribution in [2.45, 2.75) is 30.8 Å². The van der Waals surface area contributed by atoms with E-state index in [9.17, 15) is 4.79 Å². The van der Waals surface area contributed by atoms with Gasteiger partial charge >= 0.3 is 5.97 Å². The number of hydrogen-bond acceptors (Lipinski definition) is 8. The summed E-state index contributed by atoms with van der Waals surface area (Å²) in [5.74, 6) is 0.356. The van der Waals surface area contributed by atoms with Crippen molar-refractivity contribution in [3.63, 3.8) is 0 Å². The standard InChI is InChI=1S/C15H18N4O5/c1-21-15(20)10-6-19(18-17-10)12-8-24-13-11(7-23-14(12)13)16-5-9-3-2-4-22-9/h2-4,6,11-14,16H,5,7-8H2,1H3. The van der Waals surface area contributed by atoms with E-state index < -0.39 is 5.97 Å². The van der Waals surface area contributed by atoms with Crippen molar-refractivity contribution >= 4 is 5.97 Å². The number of nitrogens with zero attached hydrogens (tertiary/aromatic N) is 3. The zero-order valence-electron chi connectivity index (χ0n) is 13.1. The number of rotatable bonds is 5. The third-order valence-electron chi connectivity index (χ3n) is 4.39. The predicted molar refractivity (Wildman–Crippen MR) is 79.2 cm³/mol. The quantitative estimate of drug-likeness (QED) is 0.772. The van der Waals surface area contributed by atoms with E-state index in [0.717, 1.165) is 5.76 Å². The van der Waals surface area contributed by atoms with Crippen LogP contribution in [0.15, 0.2) is 29.0 Å². The molecule has 2 aliphatic rings. The molecule has 2 saturated heterocycles. The van der Waals surface area contributed by atoms with E-state index in [1.165, 1.54) is 7.11 Å². The van der Waals surface area contributed by atoms with Crippen LogP contribution < -0.4 is 5.32 Å². The second-order valence-corrected chi connectivity index (χ2v) is 5.81. The van der Waals surface area contributed by atoms with E-state index in [4.69, 9.17) is 13.9 Å². The van der Waals surface area contributed by atoms with Gasteiger partial charge < -0.3 is 23.9 Å². The number of nitrogens with one attached hydrogen (secondary N) is 1. The topological polar surface area (TPSA) is 101 Å². The second-order valence-electron chi connectivity index (χ2n) is 5.81. The first kappa shape index (κ1) is 15.3. The van der Waals surface area contributed by atoms with Gasteiger partial charge in [0, 0.05) is 0 Å². The molecule has 4 heterocycles. The molecule has 0 saturated carbocycles. The Kier molecular flexibility index (Phi) is 4.05. The third-order valence-corrected chi connectivity index (χ3v) is 4.39. The molecule has 24 heavy (non-hydrogen) atoms. The number of methoxy groups -OCH3 is 1. The Bertz CT molecular complexity index is 701. The minimum absolute atomic E-state index is 0.0734. The highest BCUT2D eigenvalue weighted by Gasteiger charge is 2.48. The molecule has 2 aliphatic heterocycles. The maximum absolute atomic E-state index is 11.5. The van der Waals surface area contributed by atoms with Gasteiger partial charge in [0.15, 0.2) is 5.69 Å². The number of carbonyl (C=O) groups is 1. The lowest BCUT2D eigenvalue weighted by Crippen LogP contribution is -2.40. The Hall–Kier alpha value is -2.23. The normalized spacial score (nSPS) is 28.9. The lowest BCUT2D eigenvalue weighted by molar-refractivity contribution is 0.0592. The van der Waals surface area contributed by atoms with Crippen LogP contribution in [0.25, 0.3) is 0 Å². The SMILES string of the molecule is COC(=O)c1cn(C2COC3C(NCc4ccco4)COC32)nn1. The van der Waals surface area contributed by atoms with Crippen LogP contribution >= 0.6 is 0 Å². The number of fused-ring (bicyclic) bond motifs is 1. The molecule has 0 amide bonds. The van der Waals surface area contributed by atoms with Crippen LogP contribution in [0.3, 0.4) is 0 Å². The van der Waals surface area contributed by atoms with E-state index in [0.29, 0.717) is 19.8 Å². The summed E-state index contributed by atoms with van der Waals surface area (Å²) in [4.78, 5) is 11.5. The zero-order valence-corrected chi connectivity index (χ0v) is 13.1. The first-order valence-electron chi connectivity index (χ1n) is 7.75. The van der Waals surface area contributed by atoms with Crippen molar-refractivity contribution in [3.05, 3.63) is 36.0 Å². The van der Waals surface area contributed by atoms with E-state index >= 15 is 0 Å². The van der Waals surface area contributed by atoms with Gasteiger partial charge in [-0.25, -0.2) is 9.48 Å². The van der Waals surface area contributed by atoms with Gasteiger partial charge in [0.1, 0.15) is 24.0 Å². The average Bonchev–Trinajstić information content (AvgIpc) is 3.35. The van der Waals surface area contributed by atoms with Gasteiger partial charge in [-0.2, -0.15) is 0 Å². The van der Waals surface area contributed by atoms with Gasteiger partial charge in [-0.1, -0.05) is 5.21 Å². The Morgan fingerprint density at radius 2 is 2.29 bits per heavy atom. The minimum Gasteiger partial charge on any atom is -0.468 e. The van der Waals surface area contributed by atoms with Crippen molar-refractivity contribution in [1.82, 2.24) is 20.3 Å². The van der Waals surface area contributed by atoms with Gasteiger partial charge in [0.05, 0.1) is 45.4 Å². The average molecular weight is 334 g/mol. The van der Waals surface area contributed by atoms with Crippen molar-refractivity contribution in [3.8, 4) is 0 Å². The fourth-order valence-corrected chi connectivity index (χ4v) is 3.16. The van der Waals surface area contributed by atoms with Crippen LogP contribution in [0.5, 0.6) is 0 Å². The van der Waals surface area contributed by atoms with Crippen LogP contribution in [0.1, 0.15) is 22.3 Å². The summed E-state index contributed by atoms with van der Waals surface area (Å²) in [5, 5.41) is 11.2. The van der Waals surface area contributed by atoms with Crippen LogP contribution in [0, 0.1) is 0 Å². The lowest BCUT2D eigenvalue weighted by Gasteiger charge is -2.17. The highest BCUT2D eigenvalue weighted by molar-refractivity contribution is 5.86. The maximum Gasteiger partial charge on any atom is 0.360 e. The molecule has 2 fully saturated rings. The number of ether oxygens (including phenoxy) is 3. The van der Waals surface area contributed by atoms with E-state index in [1.54, 1.807) is 17.1 Å². The summed E-state index contributed by atoms with van der Waals surface area (Å²) in [7, 11) is 1.31. The van der Waals surface area contributed by atoms with E-state index in [-0.39, 0.29) is 30.0 Å². The summed E-state index contributed by atoms with van der Waals surface area (Å²) in [6.07, 6.45) is 3.01. The summed E-state index contributed by atoms with van der Waals surface area (Å²) in [6, 6.07) is 3.74. The molecule has 4 rings (SSSR count). The lowest BCUT2D eigenvalue weighted by atomic mass is 10.1. The van der Waals surface area contributed by atoms with Crippen molar-refractivity contribution in [2.75, 3.05) is 20.3 Å². The molecule has 0 radical (unpaired) electrons. The molecule has 0 aromatic carbocycles. The number of furan rings is 1. The molecule has 0 bridgehead atoms. The Morgan fingerprint density at radius 1 is 1.42 bits per heavy atom. The molecule has 4 unspecified atom stereocenters. The monoisotopic (exact) mass is 334 g/mol. The molecule has 2 aromatic heterocycles. The van der Waals surface area contributed by atoms with Gasteiger partial charge in [-0.3, -0.25) is 0 Å². The highest BCUT2D eigenvalue weighted by atomic mass is 16.6. The van der Waals surface area contributed by atoms with E-state index in [2.05, 4.69) is 20.4 Å². The number of aromatic nitrogens is 3. The number of carbonyl (C=O) groups excluding carboxylic acids is 1. The van der Waals surface area contributed by atoms with Crippen molar-refractivity contribution in [1.29, 1.82) is 0 Å². The molecule has 0 aliphatic carbocycles. The van der Waals surface area contributed by atoms with Gasteiger partial charge in [0.2, 0.25) is 0 Å². The Balaban J connectivity index is 1.40. The van der Waals surface area contributed by atoms with Crippen LogP contribution in [-0.2, 0) is 20.8 Å². The second kappa shape index (κ2) is 6.34. The summed E-state index contributed by atoms with van der Waals surface area (Å²) in [5.41, 5.74) is 0.173. The summed E-state index contributed by atoms with van der Waals surface area (Å²) >= 11 is 0. The zero-order chi connectivity index (χ0) is 16.5. The molecular weight excluding hydrogens is 316 g/mol. The van der Waals surface area contributed by atoms with Gasteiger partial charge in [-0.05, 0) is 12.1 Å². The molecule has 2 aromatic rings. The first-order chi connectivity index (χ1) is 11.8. The van der Waals surface area contributed by atoms with E-state index in [1.807, 2.05) is 12.1 Å². The number of hydrogen-bond donors (Lipinski definition) is 1.